The monoisotopic (exact) mass is 420 g/mol. The molecular weight excluding hydrogens is 404 g/mol. The Kier molecular flexibility index (Phi) is 6.46. The minimum Gasteiger partial charge on any atom is -0.452 e. The smallest absolute Gasteiger partial charge is 0.338 e. The third-order valence-electron chi connectivity index (χ3n) is 3.71. The Morgan fingerprint density at radius 1 is 1.23 bits per heavy atom. The van der Waals surface area contributed by atoms with E-state index < -0.39 is 23.4 Å². The van der Waals surface area contributed by atoms with Crippen LogP contribution in [0.2, 0.25) is 0 Å². The number of hydrogen-bond donors (Lipinski definition) is 1. The number of nitrogens with one attached hydrogen (secondary N) is 1. The average molecular weight is 421 g/mol. The van der Waals surface area contributed by atoms with Crippen molar-refractivity contribution in [2.75, 3.05) is 6.61 Å². The van der Waals surface area contributed by atoms with Crippen LogP contribution >= 0.6 is 15.9 Å². The minimum atomic E-state index is -0.713. The molecule has 0 radical (unpaired) electrons. The molecule has 2 aromatic carbocycles. The average Bonchev–Trinajstić information content (AvgIpc) is 2.59. The van der Waals surface area contributed by atoms with Crippen LogP contribution in [-0.2, 0) is 9.53 Å². The van der Waals surface area contributed by atoms with Gasteiger partial charge in [-0.15, -0.1) is 0 Å². The molecule has 26 heavy (non-hydrogen) atoms. The fourth-order valence-corrected chi connectivity index (χ4v) is 2.58. The molecule has 0 aromatic heterocycles. The maximum Gasteiger partial charge on any atom is 0.338 e. The van der Waals surface area contributed by atoms with Gasteiger partial charge in [-0.25, -0.2) is 4.79 Å². The maximum absolute atomic E-state index is 12.0. The number of carbonyl (C=O) groups excluding carboxylic acids is 2. The van der Waals surface area contributed by atoms with Crippen molar-refractivity contribution in [3.8, 4) is 0 Å². The first-order valence-electron chi connectivity index (χ1n) is 7.75. The predicted molar refractivity (Wildman–Crippen MR) is 98.8 cm³/mol. The number of hydrogen-bond acceptors (Lipinski definition) is 5. The summed E-state index contributed by atoms with van der Waals surface area (Å²) in [7, 11) is 0. The molecule has 8 heteroatoms. The van der Waals surface area contributed by atoms with Crippen LogP contribution in [0.4, 0.5) is 5.69 Å². The van der Waals surface area contributed by atoms with E-state index in [1.54, 1.807) is 0 Å². The van der Waals surface area contributed by atoms with Crippen LogP contribution in [0.15, 0.2) is 46.9 Å². The lowest BCUT2D eigenvalue weighted by atomic mass is 10.1. The summed E-state index contributed by atoms with van der Waals surface area (Å²) in [5.41, 5.74) is 1.33. The van der Waals surface area contributed by atoms with Crippen molar-refractivity contribution in [2.45, 2.75) is 19.9 Å². The lowest BCUT2D eigenvalue weighted by Crippen LogP contribution is -2.31. The van der Waals surface area contributed by atoms with Crippen molar-refractivity contribution < 1.29 is 19.2 Å². The van der Waals surface area contributed by atoms with E-state index in [0.29, 0.717) is 5.56 Å². The Labute approximate surface area is 158 Å². The Hall–Kier alpha value is -2.74. The van der Waals surface area contributed by atoms with Crippen molar-refractivity contribution in [3.05, 3.63) is 73.7 Å². The summed E-state index contributed by atoms with van der Waals surface area (Å²) in [6.45, 7) is 2.92. The number of amides is 1. The molecule has 0 saturated carbocycles. The summed E-state index contributed by atoms with van der Waals surface area (Å²) in [5.74, 6) is -1.15. The van der Waals surface area contributed by atoms with Crippen LogP contribution in [0, 0.1) is 17.0 Å². The van der Waals surface area contributed by atoms with Crippen molar-refractivity contribution in [2.24, 2.45) is 0 Å². The Balaban J connectivity index is 1.90. The lowest BCUT2D eigenvalue weighted by molar-refractivity contribution is -0.385. The first kappa shape index (κ1) is 19.6. The molecule has 0 saturated heterocycles. The zero-order valence-electron chi connectivity index (χ0n) is 14.2. The summed E-state index contributed by atoms with van der Waals surface area (Å²) in [6.07, 6.45) is 0. The van der Waals surface area contributed by atoms with Crippen LogP contribution in [0.5, 0.6) is 0 Å². The molecule has 1 amide bonds. The van der Waals surface area contributed by atoms with E-state index >= 15 is 0 Å². The second-order valence-electron chi connectivity index (χ2n) is 5.68. The van der Waals surface area contributed by atoms with Gasteiger partial charge in [-0.3, -0.25) is 14.9 Å². The van der Waals surface area contributed by atoms with Crippen molar-refractivity contribution in [3.63, 3.8) is 0 Å². The molecule has 1 N–H and O–H groups in total. The van der Waals surface area contributed by atoms with Crippen LogP contribution in [0.1, 0.15) is 34.5 Å². The largest absolute Gasteiger partial charge is 0.452 e. The number of ether oxygens (including phenoxy) is 1. The number of rotatable bonds is 6. The number of nitrogens with zero attached hydrogens (tertiary/aromatic N) is 1. The standard InChI is InChI=1S/C18H17BrN2O5/c1-11-9-14(5-8-16(11)21(24)25)18(23)26-10-17(22)20-12(2)13-3-6-15(19)7-4-13/h3-9,12H,10H2,1-2H3,(H,20,22). The molecule has 136 valence electrons. The van der Waals surface area contributed by atoms with Crippen molar-refractivity contribution in [1.82, 2.24) is 5.32 Å². The van der Waals surface area contributed by atoms with Crippen molar-refractivity contribution in [1.29, 1.82) is 0 Å². The van der Waals surface area contributed by atoms with Crippen LogP contribution in [-0.4, -0.2) is 23.4 Å². The summed E-state index contributed by atoms with van der Waals surface area (Å²) < 4.78 is 5.91. The summed E-state index contributed by atoms with van der Waals surface area (Å²) in [5, 5.41) is 13.5. The van der Waals surface area contributed by atoms with E-state index in [9.17, 15) is 19.7 Å². The van der Waals surface area contributed by atoms with Gasteiger partial charge in [-0.05, 0) is 43.7 Å². The second-order valence-corrected chi connectivity index (χ2v) is 6.59. The highest BCUT2D eigenvalue weighted by Gasteiger charge is 2.16. The minimum absolute atomic E-state index is 0.0809. The van der Waals surface area contributed by atoms with Gasteiger partial charge in [0.15, 0.2) is 6.61 Å². The Morgan fingerprint density at radius 3 is 2.46 bits per heavy atom. The first-order valence-corrected chi connectivity index (χ1v) is 8.54. The van der Waals surface area contributed by atoms with Gasteiger partial charge in [0.25, 0.3) is 11.6 Å². The fourth-order valence-electron chi connectivity index (χ4n) is 2.32. The summed E-state index contributed by atoms with van der Waals surface area (Å²) in [4.78, 5) is 34.2. The number of nitro groups is 1. The van der Waals surface area contributed by atoms with Gasteiger partial charge >= 0.3 is 5.97 Å². The van der Waals surface area contributed by atoms with Gasteiger partial charge in [0.2, 0.25) is 0 Å². The van der Waals surface area contributed by atoms with Gasteiger partial charge in [-0.1, -0.05) is 28.1 Å². The third kappa shape index (κ3) is 5.13. The number of carbonyl (C=O) groups is 2. The Morgan fingerprint density at radius 2 is 1.88 bits per heavy atom. The maximum atomic E-state index is 12.0. The molecule has 0 aliphatic rings. The van der Waals surface area contributed by atoms with Crippen molar-refractivity contribution >= 4 is 33.5 Å². The number of halogens is 1. The lowest BCUT2D eigenvalue weighted by Gasteiger charge is -2.14. The molecule has 1 atom stereocenters. The van der Waals surface area contributed by atoms with Crippen LogP contribution in [0.25, 0.3) is 0 Å². The highest BCUT2D eigenvalue weighted by molar-refractivity contribution is 9.10. The molecule has 7 nitrogen and oxygen atoms in total. The molecule has 2 aromatic rings. The Bertz CT molecular complexity index is 836. The number of esters is 1. The van der Waals surface area contributed by atoms with Gasteiger partial charge in [-0.2, -0.15) is 0 Å². The van der Waals surface area contributed by atoms with Gasteiger partial charge < -0.3 is 10.1 Å². The molecule has 0 aliphatic heterocycles. The molecule has 0 aliphatic carbocycles. The van der Waals surface area contributed by atoms with E-state index in [4.69, 9.17) is 4.74 Å². The second kappa shape index (κ2) is 8.57. The molecule has 2 rings (SSSR count). The highest BCUT2D eigenvalue weighted by Crippen LogP contribution is 2.19. The van der Waals surface area contributed by atoms with E-state index in [0.717, 1.165) is 10.0 Å². The third-order valence-corrected chi connectivity index (χ3v) is 4.24. The fraction of sp³-hybridized carbons (Fsp3) is 0.222. The van der Waals surface area contributed by atoms with E-state index in [2.05, 4.69) is 21.2 Å². The number of aryl methyl sites for hydroxylation is 1. The predicted octanol–water partition coefficient (Wildman–Crippen LogP) is 3.70. The molecule has 0 spiro atoms. The number of benzene rings is 2. The van der Waals surface area contributed by atoms with Gasteiger partial charge in [0.1, 0.15) is 0 Å². The van der Waals surface area contributed by atoms with E-state index in [1.807, 2.05) is 31.2 Å². The van der Waals surface area contributed by atoms with Gasteiger partial charge in [0.05, 0.1) is 16.5 Å². The quantitative estimate of drug-likeness (QED) is 0.436. The molecule has 1 unspecified atom stereocenters. The molecule has 0 bridgehead atoms. The number of nitro benzene ring substituents is 1. The molecular formula is C18H17BrN2O5. The van der Waals surface area contributed by atoms with Crippen LogP contribution in [0.3, 0.4) is 0 Å². The summed E-state index contributed by atoms with van der Waals surface area (Å²) >= 11 is 3.34. The molecule has 0 fully saturated rings. The SMILES string of the molecule is Cc1cc(C(=O)OCC(=O)NC(C)c2ccc(Br)cc2)ccc1[N+](=O)[O-]. The van der Waals surface area contributed by atoms with E-state index in [1.165, 1.54) is 25.1 Å². The van der Waals surface area contributed by atoms with Crippen LogP contribution < -0.4 is 5.32 Å². The zero-order chi connectivity index (χ0) is 19.3. The zero-order valence-corrected chi connectivity index (χ0v) is 15.8. The van der Waals surface area contributed by atoms with Gasteiger partial charge in [0, 0.05) is 16.1 Å². The van der Waals surface area contributed by atoms with E-state index in [-0.39, 0.29) is 17.3 Å². The molecule has 0 heterocycles. The normalized spacial score (nSPS) is 11.5. The first-order chi connectivity index (χ1) is 12.3. The summed E-state index contributed by atoms with van der Waals surface area (Å²) in [6, 6.07) is 11.2. The highest BCUT2D eigenvalue weighted by atomic mass is 79.9. The topological polar surface area (TPSA) is 98.5 Å².